The molecule has 0 atom stereocenters. The van der Waals surface area contributed by atoms with Crippen LogP contribution in [0.4, 0.5) is 5.69 Å². The predicted octanol–water partition coefficient (Wildman–Crippen LogP) is 3.27. The van der Waals surface area contributed by atoms with Crippen molar-refractivity contribution in [2.45, 2.75) is 43.0 Å². The molecule has 2 aromatic carbocycles. The molecule has 0 spiro atoms. The Morgan fingerprint density at radius 2 is 1.68 bits per heavy atom. The van der Waals surface area contributed by atoms with E-state index in [-0.39, 0.29) is 6.41 Å². The maximum atomic E-state index is 8.58. The van der Waals surface area contributed by atoms with Gasteiger partial charge in [-0.15, -0.1) is 0 Å². The van der Waals surface area contributed by atoms with Crippen molar-refractivity contribution in [2.24, 2.45) is 11.5 Å². The number of hydrogen-bond donors (Lipinski definition) is 4. The van der Waals surface area contributed by atoms with Gasteiger partial charge in [-0.25, -0.2) is 0 Å². The van der Waals surface area contributed by atoms with E-state index in [4.69, 9.17) is 10.5 Å². The summed E-state index contributed by atoms with van der Waals surface area (Å²) in [5.41, 5.74) is 17.4. The zero-order valence-corrected chi connectivity index (χ0v) is 17.2. The van der Waals surface area contributed by atoms with Crippen molar-refractivity contribution >= 4 is 24.0 Å². The maximum absolute atomic E-state index is 8.58. The van der Waals surface area contributed by atoms with Crippen LogP contribution in [-0.4, -0.2) is 19.5 Å². The Balaban J connectivity index is 0.000000717. The summed E-state index contributed by atoms with van der Waals surface area (Å²) in [5.74, 6) is 6.31. The van der Waals surface area contributed by atoms with Crippen LogP contribution in [0.5, 0.6) is 0 Å². The Morgan fingerprint density at radius 3 is 2.29 bits per heavy atom. The Morgan fingerprint density at radius 1 is 1.04 bits per heavy atom. The normalized spacial score (nSPS) is 12.9. The second kappa shape index (κ2) is 14.6. The van der Waals surface area contributed by atoms with Gasteiger partial charge in [-0.05, 0) is 62.2 Å². The van der Waals surface area contributed by atoms with Crippen molar-refractivity contribution < 1.29 is 4.79 Å². The number of rotatable bonds is 3. The first-order valence-electron chi connectivity index (χ1n) is 9.35. The molecule has 6 heteroatoms. The highest BCUT2D eigenvalue weighted by molar-refractivity contribution is 7.97. The van der Waals surface area contributed by atoms with E-state index >= 15 is 0 Å². The van der Waals surface area contributed by atoms with Gasteiger partial charge in [-0.3, -0.25) is 9.52 Å². The van der Waals surface area contributed by atoms with Gasteiger partial charge in [0.05, 0.1) is 0 Å². The van der Waals surface area contributed by atoms with E-state index in [9.17, 15) is 0 Å². The van der Waals surface area contributed by atoms with Crippen molar-refractivity contribution in [1.29, 1.82) is 0 Å². The van der Waals surface area contributed by atoms with E-state index in [0.29, 0.717) is 6.04 Å². The summed E-state index contributed by atoms with van der Waals surface area (Å²) in [7, 11) is 1.50. The number of carbonyl (C=O) groups excluding carboxylic acids is 1. The molecule has 7 N–H and O–H groups in total. The third-order valence-electron chi connectivity index (χ3n) is 4.09. The molecule has 5 nitrogen and oxygen atoms in total. The summed E-state index contributed by atoms with van der Waals surface area (Å²) in [6.07, 6.45) is 6.87. The molecular weight excluding hydrogens is 368 g/mol. The minimum absolute atomic E-state index is 0.250. The van der Waals surface area contributed by atoms with Crippen LogP contribution in [-0.2, 0) is 4.79 Å². The van der Waals surface area contributed by atoms with Crippen LogP contribution in [0, 0.1) is 11.8 Å². The van der Waals surface area contributed by atoms with Crippen LogP contribution in [0.15, 0.2) is 53.4 Å². The number of anilines is 1. The van der Waals surface area contributed by atoms with Crippen LogP contribution >= 0.6 is 11.9 Å². The van der Waals surface area contributed by atoms with Gasteiger partial charge in [0.2, 0.25) is 6.41 Å². The summed E-state index contributed by atoms with van der Waals surface area (Å²) < 4.78 is 3.57. The van der Waals surface area contributed by atoms with Gasteiger partial charge in [-0.1, -0.05) is 49.3 Å². The molecule has 3 rings (SSSR count). The lowest BCUT2D eigenvalue weighted by atomic mass is 9.96. The van der Waals surface area contributed by atoms with E-state index in [1.807, 2.05) is 42.5 Å². The fourth-order valence-corrected chi connectivity index (χ4v) is 3.61. The predicted molar refractivity (Wildman–Crippen MR) is 120 cm³/mol. The number of primary amides is 1. The summed E-state index contributed by atoms with van der Waals surface area (Å²) >= 11 is 1.69. The first-order chi connectivity index (χ1) is 13.7. The average Bonchev–Trinajstić information content (AvgIpc) is 2.75. The molecule has 1 fully saturated rings. The molecule has 0 aromatic heterocycles. The second-order valence-corrected chi connectivity index (χ2v) is 6.97. The number of nitrogens with one attached hydrogen (secondary N) is 1. The summed E-state index contributed by atoms with van der Waals surface area (Å²) in [6, 6.07) is 16.7. The molecule has 0 aliphatic heterocycles. The molecule has 150 valence electrons. The average molecular weight is 399 g/mol. The third-order valence-corrected chi connectivity index (χ3v) is 5.03. The van der Waals surface area contributed by atoms with Gasteiger partial charge in [0.15, 0.2) is 0 Å². The van der Waals surface area contributed by atoms with Gasteiger partial charge in [-0.2, -0.15) is 0 Å². The van der Waals surface area contributed by atoms with E-state index in [1.165, 1.54) is 39.2 Å². The zero-order valence-electron chi connectivity index (χ0n) is 16.4. The van der Waals surface area contributed by atoms with Crippen LogP contribution in [0.25, 0.3) is 0 Å². The van der Waals surface area contributed by atoms with Crippen molar-refractivity contribution in [3.63, 3.8) is 0 Å². The van der Waals surface area contributed by atoms with Crippen LogP contribution in [0.3, 0.4) is 0 Å². The largest absolute Gasteiger partial charge is 0.398 e. The second-order valence-electron chi connectivity index (χ2n) is 6.06. The molecule has 28 heavy (non-hydrogen) atoms. The van der Waals surface area contributed by atoms with Crippen molar-refractivity contribution in [2.75, 3.05) is 12.8 Å². The van der Waals surface area contributed by atoms with Crippen LogP contribution in [0.2, 0.25) is 0 Å². The Hall–Kier alpha value is -2.46. The lowest BCUT2D eigenvalue weighted by Gasteiger charge is -2.22. The van der Waals surface area contributed by atoms with E-state index in [1.54, 1.807) is 11.9 Å². The number of nitrogen functional groups attached to an aromatic ring is 1. The fraction of sp³-hybridized carbons (Fsp3) is 0.318. The van der Waals surface area contributed by atoms with Gasteiger partial charge >= 0.3 is 0 Å². The smallest absolute Gasteiger partial charge is 0.204 e. The van der Waals surface area contributed by atoms with Crippen molar-refractivity contribution in [1.82, 2.24) is 4.72 Å². The number of carbonyl (C=O) groups is 1. The molecule has 1 aliphatic carbocycles. The highest BCUT2D eigenvalue weighted by atomic mass is 32.2. The number of nitrogens with two attached hydrogens (primary N) is 3. The maximum Gasteiger partial charge on any atom is 0.204 e. The Bertz CT molecular complexity index is 750. The molecular formula is C22H30N4OS. The molecule has 0 heterocycles. The van der Waals surface area contributed by atoms with Gasteiger partial charge in [0.25, 0.3) is 0 Å². The minimum atomic E-state index is 0.250. The molecule has 2 aromatic rings. The molecule has 0 unspecified atom stereocenters. The summed E-state index contributed by atoms with van der Waals surface area (Å²) in [6.45, 7) is 0. The molecule has 0 radical (unpaired) electrons. The van der Waals surface area contributed by atoms with Crippen LogP contribution in [0.1, 0.15) is 43.2 Å². The third kappa shape index (κ3) is 8.96. The Kier molecular flexibility index (Phi) is 12.3. The van der Waals surface area contributed by atoms with Gasteiger partial charge in [0, 0.05) is 27.8 Å². The molecule has 0 bridgehead atoms. The summed E-state index contributed by atoms with van der Waals surface area (Å²) in [4.78, 5) is 9.73. The van der Waals surface area contributed by atoms with E-state index < -0.39 is 0 Å². The van der Waals surface area contributed by atoms with E-state index in [0.717, 1.165) is 21.7 Å². The fourth-order valence-electron chi connectivity index (χ4n) is 2.75. The number of amides is 1. The first kappa shape index (κ1) is 23.6. The minimum Gasteiger partial charge on any atom is -0.398 e. The molecule has 1 amide bonds. The molecule has 1 aliphatic rings. The zero-order chi connectivity index (χ0) is 20.6. The van der Waals surface area contributed by atoms with Crippen molar-refractivity contribution in [3.05, 3.63) is 59.7 Å². The lowest BCUT2D eigenvalue weighted by molar-refractivity contribution is -0.106. The lowest BCUT2D eigenvalue weighted by Crippen LogP contribution is -2.25. The van der Waals surface area contributed by atoms with Crippen LogP contribution < -0.4 is 21.9 Å². The van der Waals surface area contributed by atoms with Gasteiger partial charge in [0.1, 0.15) is 0 Å². The topological polar surface area (TPSA) is 107 Å². The van der Waals surface area contributed by atoms with Gasteiger partial charge < -0.3 is 17.2 Å². The first-order valence-corrected chi connectivity index (χ1v) is 10.2. The standard InChI is InChI=1S/C20H22N2S.CH3NO.CH5N/c21-20-15-19(23-22-18-9-5-2-6-10-18)14-13-17(20)12-11-16-7-3-1-4-8-16;2-1-3;1-2/h1,3-4,7-8,13-15,18,22H,2,5-6,9-10,21H2;1H,(H2,2,3);2H2,1H3. The summed E-state index contributed by atoms with van der Waals surface area (Å²) in [5, 5.41) is 0. The molecule has 1 saturated carbocycles. The highest BCUT2D eigenvalue weighted by Crippen LogP contribution is 2.24. The van der Waals surface area contributed by atoms with Crippen molar-refractivity contribution in [3.8, 4) is 11.8 Å². The van der Waals surface area contributed by atoms with E-state index in [2.05, 4.69) is 34.1 Å². The number of benzene rings is 2. The highest BCUT2D eigenvalue weighted by Gasteiger charge is 2.13. The monoisotopic (exact) mass is 398 g/mol. The Labute approximate surface area is 172 Å². The number of hydrogen-bond acceptors (Lipinski definition) is 5. The molecule has 0 saturated heterocycles. The quantitative estimate of drug-likeness (QED) is 0.275. The SMILES string of the molecule is CN.NC=O.Nc1cc(SNC2CCCCC2)ccc1C#Cc1ccccc1.